The van der Waals surface area contributed by atoms with Gasteiger partial charge in [-0.3, -0.25) is 4.79 Å². The number of benzene rings is 1. The molecule has 0 bridgehead atoms. The molecular weight excluding hydrogens is 356 g/mol. The fourth-order valence-electron chi connectivity index (χ4n) is 2.67. The minimum absolute atomic E-state index is 0. The normalized spacial score (nSPS) is 20.7. The summed E-state index contributed by atoms with van der Waals surface area (Å²) in [5, 5.41) is 2.94. The topological polar surface area (TPSA) is 64.4 Å². The van der Waals surface area contributed by atoms with E-state index in [1.165, 1.54) is 0 Å². The maximum Gasteiger partial charge on any atom is 0.223 e. The highest BCUT2D eigenvalue weighted by Gasteiger charge is 2.31. The summed E-state index contributed by atoms with van der Waals surface area (Å²) in [6.07, 6.45) is 3.14. The summed E-state index contributed by atoms with van der Waals surface area (Å²) < 4.78 is 6.59. The van der Waals surface area contributed by atoms with E-state index in [-0.39, 0.29) is 24.2 Å². The van der Waals surface area contributed by atoms with Crippen molar-refractivity contribution in [1.29, 1.82) is 0 Å². The van der Waals surface area contributed by atoms with Crippen molar-refractivity contribution in [2.75, 3.05) is 19.7 Å². The summed E-state index contributed by atoms with van der Waals surface area (Å²) in [5.41, 5.74) is 5.70. The predicted molar refractivity (Wildman–Crippen MR) is 89.8 cm³/mol. The van der Waals surface area contributed by atoms with Gasteiger partial charge < -0.3 is 15.8 Å². The van der Waals surface area contributed by atoms with E-state index < -0.39 is 0 Å². The maximum absolute atomic E-state index is 12.0. The number of halogens is 2. The molecule has 3 N–H and O–H groups in total. The smallest absolute Gasteiger partial charge is 0.223 e. The van der Waals surface area contributed by atoms with Crippen molar-refractivity contribution in [3.8, 4) is 5.75 Å². The summed E-state index contributed by atoms with van der Waals surface area (Å²) >= 11 is 3.37. The van der Waals surface area contributed by atoms with Gasteiger partial charge in [0, 0.05) is 10.4 Å². The lowest BCUT2D eigenvalue weighted by atomic mass is 9.95. The Kier molecular flexibility index (Phi) is 8.07. The maximum atomic E-state index is 12.0. The van der Waals surface area contributed by atoms with E-state index in [1.54, 1.807) is 0 Å². The Hall–Kier alpha value is -0.780. The van der Waals surface area contributed by atoms with Crippen LogP contribution in [0.15, 0.2) is 28.7 Å². The second-order valence-corrected chi connectivity index (χ2v) is 6.04. The molecule has 0 aliphatic heterocycles. The highest BCUT2D eigenvalue weighted by molar-refractivity contribution is 9.10. The molecule has 0 saturated heterocycles. The first-order valence-corrected chi connectivity index (χ1v) is 7.86. The minimum Gasteiger partial charge on any atom is -0.492 e. The number of amides is 1. The van der Waals surface area contributed by atoms with Gasteiger partial charge in [0.1, 0.15) is 12.4 Å². The number of rotatable bonds is 6. The summed E-state index contributed by atoms with van der Waals surface area (Å²) in [5.74, 6) is 1.37. The molecule has 1 aliphatic rings. The fourth-order valence-corrected chi connectivity index (χ4v) is 2.93. The van der Waals surface area contributed by atoms with Gasteiger partial charge in [0.2, 0.25) is 5.91 Å². The van der Waals surface area contributed by atoms with Gasteiger partial charge in [-0.15, -0.1) is 12.4 Å². The van der Waals surface area contributed by atoms with Gasteiger partial charge in [-0.25, -0.2) is 0 Å². The molecule has 0 heterocycles. The first kappa shape index (κ1) is 18.3. The molecule has 1 aliphatic carbocycles. The van der Waals surface area contributed by atoms with Crippen LogP contribution in [0.5, 0.6) is 5.75 Å². The van der Waals surface area contributed by atoms with Crippen LogP contribution >= 0.6 is 28.3 Å². The molecule has 6 heteroatoms. The zero-order valence-electron chi connectivity index (χ0n) is 11.9. The van der Waals surface area contributed by atoms with Crippen LogP contribution in [0.3, 0.4) is 0 Å². The number of ether oxygens (including phenoxy) is 1. The Balaban J connectivity index is 0.00000220. The van der Waals surface area contributed by atoms with E-state index in [0.717, 1.165) is 29.5 Å². The zero-order chi connectivity index (χ0) is 14.4. The average Bonchev–Trinajstić information content (AvgIpc) is 2.94. The van der Waals surface area contributed by atoms with Crippen LogP contribution in [0, 0.1) is 11.8 Å². The number of nitrogens with one attached hydrogen (secondary N) is 1. The van der Waals surface area contributed by atoms with E-state index in [9.17, 15) is 4.79 Å². The third kappa shape index (κ3) is 5.49. The van der Waals surface area contributed by atoms with E-state index in [2.05, 4.69) is 21.2 Å². The third-order valence-corrected chi connectivity index (χ3v) is 4.31. The largest absolute Gasteiger partial charge is 0.492 e. The predicted octanol–water partition coefficient (Wildman–Crippen LogP) is 2.74. The number of hydrogen-bond acceptors (Lipinski definition) is 3. The van der Waals surface area contributed by atoms with Crippen LogP contribution in [0.25, 0.3) is 0 Å². The summed E-state index contributed by atoms with van der Waals surface area (Å²) in [4.78, 5) is 12.0. The van der Waals surface area contributed by atoms with Crippen LogP contribution in [-0.2, 0) is 4.79 Å². The van der Waals surface area contributed by atoms with Gasteiger partial charge in [-0.2, -0.15) is 0 Å². The minimum atomic E-state index is 0. The Bertz CT molecular complexity index is 442. The van der Waals surface area contributed by atoms with Crippen molar-refractivity contribution >= 4 is 34.2 Å². The molecular formula is C15H22BrClN2O2. The molecule has 118 valence electrons. The SMILES string of the molecule is Cl.NC[C@H]1CCC[C@H]1C(=O)NCCOc1ccc(Br)cc1. The molecule has 1 saturated carbocycles. The van der Waals surface area contributed by atoms with Crippen LogP contribution in [0.4, 0.5) is 0 Å². The molecule has 1 amide bonds. The summed E-state index contributed by atoms with van der Waals surface area (Å²) in [7, 11) is 0. The van der Waals surface area contributed by atoms with Crippen molar-refractivity contribution in [3.05, 3.63) is 28.7 Å². The quantitative estimate of drug-likeness (QED) is 0.749. The van der Waals surface area contributed by atoms with Crippen LogP contribution < -0.4 is 15.8 Å². The summed E-state index contributed by atoms with van der Waals surface area (Å²) in [6.45, 7) is 1.61. The number of nitrogens with two attached hydrogens (primary N) is 1. The van der Waals surface area contributed by atoms with E-state index in [4.69, 9.17) is 10.5 Å². The Morgan fingerprint density at radius 2 is 2.05 bits per heavy atom. The van der Waals surface area contributed by atoms with Gasteiger partial charge in [-0.1, -0.05) is 22.4 Å². The van der Waals surface area contributed by atoms with Crippen molar-refractivity contribution in [2.24, 2.45) is 17.6 Å². The fraction of sp³-hybridized carbons (Fsp3) is 0.533. The first-order chi connectivity index (χ1) is 9.70. The molecule has 0 unspecified atom stereocenters. The molecule has 1 fully saturated rings. The van der Waals surface area contributed by atoms with Crippen LogP contribution in [0.2, 0.25) is 0 Å². The van der Waals surface area contributed by atoms with E-state index in [0.29, 0.717) is 25.6 Å². The molecule has 1 aromatic rings. The van der Waals surface area contributed by atoms with Gasteiger partial charge in [0.25, 0.3) is 0 Å². The third-order valence-electron chi connectivity index (χ3n) is 3.78. The Morgan fingerprint density at radius 3 is 2.71 bits per heavy atom. The molecule has 2 rings (SSSR count). The second kappa shape index (κ2) is 9.28. The van der Waals surface area contributed by atoms with Crippen LogP contribution in [0.1, 0.15) is 19.3 Å². The van der Waals surface area contributed by atoms with E-state index >= 15 is 0 Å². The van der Waals surface area contributed by atoms with Gasteiger partial charge in [0.15, 0.2) is 0 Å². The molecule has 21 heavy (non-hydrogen) atoms. The zero-order valence-corrected chi connectivity index (χ0v) is 14.3. The van der Waals surface area contributed by atoms with Gasteiger partial charge in [-0.05, 0) is 49.6 Å². The number of carbonyl (C=O) groups is 1. The average molecular weight is 378 g/mol. The number of carbonyl (C=O) groups excluding carboxylic acids is 1. The van der Waals surface area contributed by atoms with E-state index in [1.807, 2.05) is 24.3 Å². The van der Waals surface area contributed by atoms with Gasteiger partial charge >= 0.3 is 0 Å². The molecule has 1 aromatic carbocycles. The lowest BCUT2D eigenvalue weighted by Gasteiger charge is -2.17. The van der Waals surface area contributed by atoms with Crippen molar-refractivity contribution < 1.29 is 9.53 Å². The second-order valence-electron chi connectivity index (χ2n) is 5.13. The molecule has 0 spiro atoms. The van der Waals surface area contributed by atoms with Crippen molar-refractivity contribution in [2.45, 2.75) is 19.3 Å². The molecule has 2 atom stereocenters. The van der Waals surface area contributed by atoms with Crippen molar-refractivity contribution in [3.63, 3.8) is 0 Å². The molecule has 0 radical (unpaired) electrons. The highest BCUT2D eigenvalue weighted by Crippen LogP contribution is 2.30. The highest BCUT2D eigenvalue weighted by atomic mass is 79.9. The lowest BCUT2D eigenvalue weighted by molar-refractivity contribution is -0.126. The molecule has 4 nitrogen and oxygen atoms in total. The molecule has 0 aromatic heterocycles. The monoisotopic (exact) mass is 376 g/mol. The lowest BCUT2D eigenvalue weighted by Crippen LogP contribution is -2.37. The first-order valence-electron chi connectivity index (χ1n) is 7.07. The summed E-state index contributed by atoms with van der Waals surface area (Å²) in [6, 6.07) is 7.65. The number of hydrogen-bond donors (Lipinski definition) is 2. The Labute approximate surface area is 140 Å². The van der Waals surface area contributed by atoms with Gasteiger partial charge in [0.05, 0.1) is 6.54 Å². The van der Waals surface area contributed by atoms with Crippen molar-refractivity contribution in [1.82, 2.24) is 5.32 Å². The Morgan fingerprint density at radius 1 is 1.33 bits per heavy atom. The van der Waals surface area contributed by atoms with Crippen LogP contribution in [-0.4, -0.2) is 25.6 Å². The standard InChI is InChI=1S/C15H21BrN2O2.ClH/c16-12-4-6-13(7-5-12)20-9-8-18-15(19)14-3-1-2-11(14)10-17;/h4-7,11,14H,1-3,8-10,17H2,(H,18,19);1H/t11-,14-;/m1./s1.